The fourth-order valence-corrected chi connectivity index (χ4v) is 2.91. The highest BCUT2D eigenvalue weighted by molar-refractivity contribution is 7.16. The number of rotatable bonds is 5. The number of hydrogen-bond donors (Lipinski definition) is 1. The second-order valence-corrected chi connectivity index (χ2v) is 7.85. The van der Waals surface area contributed by atoms with Crippen molar-refractivity contribution >= 4 is 28.8 Å². The lowest BCUT2D eigenvalue weighted by Crippen LogP contribution is -2.28. The zero-order valence-corrected chi connectivity index (χ0v) is 14.6. The van der Waals surface area contributed by atoms with Crippen LogP contribution in [0.15, 0.2) is 36.4 Å². The van der Waals surface area contributed by atoms with Gasteiger partial charge >= 0.3 is 0 Å². The zero-order chi connectivity index (χ0) is 16.2. The van der Waals surface area contributed by atoms with Crippen molar-refractivity contribution in [1.29, 1.82) is 0 Å². The van der Waals surface area contributed by atoms with E-state index in [1.807, 2.05) is 36.4 Å². The van der Waals surface area contributed by atoms with Gasteiger partial charge in [-0.1, -0.05) is 44.5 Å². The highest BCUT2D eigenvalue weighted by Crippen LogP contribution is 2.24. The highest BCUT2D eigenvalue weighted by atomic mass is 35.5. The van der Waals surface area contributed by atoms with Crippen LogP contribution in [0.1, 0.15) is 31.2 Å². The summed E-state index contributed by atoms with van der Waals surface area (Å²) in [4.78, 5) is 12.8. The van der Waals surface area contributed by atoms with Gasteiger partial charge in [-0.05, 0) is 35.2 Å². The molecule has 0 aliphatic heterocycles. The minimum Gasteiger partial charge on any atom is -0.484 e. The number of nitrogens with one attached hydrogen (secondary N) is 1. The van der Waals surface area contributed by atoms with Crippen LogP contribution in [0.5, 0.6) is 5.75 Å². The normalized spacial score (nSPS) is 11.3. The molecule has 0 bridgehead atoms. The standard InChI is InChI=1S/C17H20ClNO2S/c1-17(2,3)12-4-6-13(7-5-12)21-11-16(20)19-10-14-8-9-15(18)22-14/h4-9H,10-11H2,1-3H3,(H,19,20). The van der Waals surface area contributed by atoms with E-state index in [4.69, 9.17) is 16.3 Å². The van der Waals surface area contributed by atoms with Crippen LogP contribution in [0.2, 0.25) is 4.34 Å². The summed E-state index contributed by atoms with van der Waals surface area (Å²) in [5.41, 5.74) is 1.34. The van der Waals surface area contributed by atoms with Crippen molar-refractivity contribution in [3.8, 4) is 5.75 Å². The second-order valence-electron chi connectivity index (χ2n) is 6.05. The maximum Gasteiger partial charge on any atom is 0.258 e. The first kappa shape index (κ1) is 16.8. The number of amides is 1. The molecule has 0 saturated heterocycles. The van der Waals surface area contributed by atoms with Crippen LogP contribution < -0.4 is 10.1 Å². The molecule has 2 aromatic rings. The number of ether oxygens (including phenoxy) is 1. The first-order valence-corrected chi connectivity index (χ1v) is 8.28. The quantitative estimate of drug-likeness (QED) is 0.878. The van der Waals surface area contributed by atoms with Crippen molar-refractivity contribution < 1.29 is 9.53 Å². The van der Waals surface area contributed by atoms with Crippen LogP contribution in [-0.4, -0.2) is 12.5 Å². The Labute approximate surface area is 140 Å². The Hall–Kier alpha value is -1.52. The van der Waals surface area contributed by atoms with E-state index >= 15 is 0 Å². The lowest BCUT2D eigenvalue weighted by atomic mass is 9.87. The molecule has 1 aromatic heterocycles. The third-order valence-corrected chi connectivity index (χ3v) is 4.41. The lowest BCUT2D eigenvalue weighted by Gasteiger charge is -2.19. The minimum absolute atomic E-state index is 0.00791. The minimum atomic E-state index is -0.149. The number of carbonyl (C=O) groups is 1. The molecule has 1 heterocycles. The van der Waals surface area contributed by atoms with E-state index in [0.29, 0.717) is 12.3 Å². The van der Waals surface area contributed by atoms with E-state index in [1.54, 1.807) is 0 Å². The number of benzene rings is 1. The first-order valence-electron chi connectivity index (χ1n) is 7.09. The van der Waals surface area contributed by atoms with Crippen LogP contribution in [-0.2, 0) is 16.8 Å². The smallest absolute Gasteiger partial charge is 0.258 e. The molecule has 1 amide bonds. The van der Waals surface area contributed by atoms with Crippen LogP contribution >= 0.6 is 22.9 Å². The summed E-state index contributed by atoms with van der Waals surface area (Å²) < 4.78 is 6.22. The number of carbonyl (C=O) groups excluding carboxylic acids is 1. The Morgan fingerprint density at radius 3 is 2.41 bits per heavy atom. The summed E-state index contributed by atoms with van der Waals surface area (Å²) in [6.07, 6.45) is 0. The molecule has 0 aliphatic carbocycles. The summed E-state index contributed by atoms with van der Waals surface area (Å²) in [6.45, 7) is 6.96. The van der Waals surface area contributed by atoms with E-state index in [1.165, 1.54) is 16.9 Å². The van der Waals surface area contributed by atoms with Gasteiger partial charge in [0.05, 0.1) is 10.9 Å². The Morgan fingerprint density at radius 1 is 1.18 bits per heavy atom. The van der Waals surface area contributed by atoms with E-state index in [0.717, 1.165) is 9.21 Å². The van der Waals surface area contributed by atoms with Crippen molar-refractivity contribution in [3.63, 3.8) is 0 Å². The van der Waals surface area contributed by atoms with Crippen LogP contribution in [0.3, 0.4) is 0 Å². The summed E-state index contributed by atoms with van der Waals surface area (Å²) in [5.74, 6) is 0.548. The first-order chi connectivity index (χ1) is 10.3. The average Bonchev–Trinajstić information content (AvgIpc) is 2.88. The average molecular weight is 338 g/mol. The monoisotopic (exact) mass is 337 g/mol. The molecule has 0 aliphatic rings. The van der Waals surface area contributed by atoms with Gasteiger partial charge in [0.25, 0.3) is 5.91 Å². The van der Waals surface area contributed by atoms with Crippen molar-refractivity contribution in [1.82, 2.24) is 5.32 Å². The van der Waals surface area contributed by atoms with Crippen molar-refractivity contribution in [2.45, 2.75) is 32.7 Å². The van der Waals surface area contributed by atoms with Crippen LogP contribution in [0.4, 0.5) is 0 Å². The predicted octanol–water partition coefficient (Wildman–Crippen LogP) is 4.39. The molecule has 5 heteroatoms. The van der Waals surface area contributed by atoms with Crippen molar-refractivity contribution in [3.05, 3.63) is 51.2 Å². The zero-order valence-electron chi connectivity index (χ0n) is 13.0. The Morgan fingerprint density at radius 2 is 1.86 bits per heavy atom. The van der Waals surface area contributed by atoms with Crippen molar-refractivity contribution in [2.75, 3.05) is 6.61 Å². The molecule has 0 radical (unpaired) electrons. The lowest BCUT2D eigenvalue weighted by molar-refractivity contribution is -0.123. The van der Waals surface area contributed by atoms with Crippen molar-refractivity contribution in [2.24, 2.45) is 0 Å². The fourth-order valence-electron chi connectivity index (χ4n) is 1.88. The van der Waals surface area contributed by atoms with Gasteiger partial charge in [-0.2, -0.15) is 0 Å². The second kappa shape index (κ2) is 7.16. The number of halogens is 1. The summed E-state index contributed by atoms with van der Waals surface area (Å²) >= 11 is 7.30. The molecule has 118 valence electrons. The molecule has 2 rings (SSSR count). The number of thiophene rings is 1. The Bertz CT molecular complexity index is 629. The molecule has 3 nitrogen and oxygen atoms in total. The molecule has 0 saturated carbocycles. The molecule has 0 unspecified atom stereocenters. The van der Waals surface area contributed by atoms with Gasteiger partial charge in [-0.15, -0.1) is 11.3 Å². The molecular formula is C17H20ClNO2S. The van der Waals surface area contributed by atoms with Gasteiger partial charge < -0.3 is 10.1 Å². The molecular weight excluding hydrogens is 318 g/mol. The van der Waals surface area contributed by atoms with Gasteiger partial charge in [0.1, 0.15) is 5.75 Å². The van der Waals surface area contributed by atoms with E-state index in [-0.39, 0.29) is 17.9 Å². The maximum absolute atomic E-state index is 11.8. The van der Waals surface area contributed by atoms with Gasteiger partial charge in [-0.25, -0.2) is 0 Å². The Balaban J connectivity index is 1.78. The Kier molecular flexibility index (Phi) is 5.48. The molecule has 0 fully saturated rings. The fraction of sp³-hybridized carbons (Fsp3) is 0.353. The van der Waals surface area contributed by atoms with E-state index in [2.05, 4.69) is 26.1 Å². The third-order valence-electron chi connectivity index (χ3n) is 3.18. The van der Waals surface area contributed by atoms with Gasteiger partial charge in [0, 0.05) is 4.88 Å². The van der Waals surface area contributed by atoms with Gasteiger partial charge in [-0.3, -0.25) is 4.79 Å². The van der Waals surface area contributed by atoms with Crippen LogP contribution in [0, 0.1) is 0 Å². The maximum atomic E-state index is 11.8. The SMILES string of the molecule is CC(C)(C)c1ccc(OCC(=O)NCc2ccc(Cl)s2)cc1. The number of hydrogen-bond acceptors (Lipinski definition) is 3. The van der Waals surface area contributed by atoms with Gasteiger partial charge in [0.2, 0.25) is 0 Å². The molecule has 1 N–H and O–H groups in total. The summed E-state index contributed by atoms with van der Waals surface area (Å²) in [6, 6.07) is 11.6. The molecule has 22 heavy (non-hydrogen) atoms. The molecule has 0 spiro atoms. The predicted molar refractivity (Wildman–Crippen MR) is 91.8 cm³/mol. The van der Waals surface area contributed by atoms with Gasteiger partial charge in [0.15, 0.2) is 6.61 Å². The molecule has 1 aromatic carbocycles. The molecule has 0 atom stereocenters. The largest absolute Gasteiger partial charge is 0.484 e. The van der Waals surface area contributed by atoms with E-state index < -0.39 is 0 Å². The highest BCUT2D eigenvalue weighted by Gasteiger charge is 2.13. The van der Waals surface area contributed by atoms with Crippen LogP contribution in [0.25, 0.3) is 0 Å². The summed E-state index contributed by atoms with van der Waals surface area (Å²) in [7, 11) is 0. The summed E-state index contributed by atoms with van der Waals surface area (Å²) in [5, 5.41) is 2.81. The third kappa shape index (κ3) is 5.04. The van der Waals surface area contributed by atoms with E-state index in [9.17, 15) is 4.79 Å². The topological polar surface area (TPSA) is 38.3 Å².